The summed E-state index contributed by atoms with van der Waals surface area (Å²) in [6, 6.07) is 21.4. The van der Waals surface area contributed by atoms with E-state index in [0.717, 1.165) is 22.8 Å². The molecule has 0 amide bonds. The number of benzene rings is 2. The minimum Gasteiger partial charge on any atom is -0.494 e. The first kappa shape index (κ1) is 17.0. The van der Waals surface area contributed by atoms with Crippen molar-refractivity contribution < 1.29 is 9.15 Å². The van der Waals surface area contributed by atoms with Gasteiger partial charge in [-0.15, -0.1) is 0 Å². The van der Waals surface area contributed by atoms with Gasteiger partial charge in [-0.1, -0.05) is 30.3 Å². The predicted octanol–water partition coefficient (Wildman–Crippen LogP) is 4.75. The maximum atomic E-state index is 5.58. The Morgan fingerprint density at radius 1 is 1.04 bits per heavy atom. The van der Waals surface area contributed by atoms with E-state index in [0.29, 0.717) is 11.7 Å². The molecular formula is C20H20N2O2S. The van der Waals surface area contributed by atoms with Crippen LogP contribution in [0.25, 0.3) is 0 Å². The van der Waals surface area contributed by atoms with Gasteiger partial charge in [-0.25, -0.2) is 0 Å². The molecule has 0 aliphatic rings. The van der Waals surface area contributed by atoms with Crippen molar-refractivity contribution in [3.05, 3.63) is 84.3 Å². The lowest BCUT2D eigenvalue weighted by atomic mass is 10.1. The fraction of sp³-hybridized carbons (Fsp3) is 0.150. The van der Waals surface area contributed by atoms with Crippen molar-refractivity contribution in [3.63, 3.8) is 0 Å². The maximum absolute atomic E-state index is 5.58. The van der Waals surface area contributed by atoms with Gasteiger partial charge in [0, 0.05) is 5.69 Å². The van der Waals surface area contributed by atoms with Crippen LogP contribution in [-0.4, -0.2) is 11.7 Å². The maximum Gasteiger partial charge on any atom is 0.171 e. The van der Waals surface area contributed by atoms with Crippen LogP contribution in [-0.2, 0) is 0 Å². The zero-order valence-corrected chi connectivity index (χ0v) is 14.8. The van der Waals surface area contributed by atoms with Crippen molar-refractivity contribution in [2.75, 3.05) is 11.9 Å². The number of anilines is 1. The van der Waals surface area contributed by atoms with Gasteiger partial charge >= 0.3 is 0 Å². The molecule has 2 N–H and O–H groups in total. The molecule has 3 aromatic rings. The van der Waals surface area contributed by atoms with Gasteiger partial charge in [0.1, 0.15) is 17.6 Å². The number of hydrogen-bond acceptors (Lipinski definition) is 3. The van der Waals surface area contributed by atoms with E-state index >= 15 is 0 Å². The zero-order chi connectivity index (χ0) is 17.5. The number of rotatable bonds is 6. The fourth-order valence-electron chi connectivity index (χ4n) is 2.52. The second-order valence-corrected chi connectivity index (χ2v) is 5.82. The lowest BCUT2D eigenvalue weighted by Crippen LogP contribution is -2.32. The topological polar surface area (TPSA) is 46.4 Å². The van der Waals surface area contributed by atoms with E-state index in [1.165, 1.54) is 0 Å². The molecule has 0 saturated heterocycles. The third-order valence-corrected chi connectivity index (χ3v) is 3.88. The first-order valence-corrected chi connectivity index (χ1v) is 8.56. The van der Waals surface area contributed by atoms with E-state index in [4.69, 9.17) is 21.4 Å². The summed E-state index contributed by atoms with van der Waals surface area (Å²) in [6.07, 6.45) is 1.66. The molecular weight excluding hydrogens is 332 g/mol. The molecule has 128 valence electrons. The van der Waals surface area contributed by atoms with Crippen molar-refractivity contribution in [1.82, 2.24) is 5.32 Å². The summed E-state index contributed by atoms with van der Waals surface area (Å²) < 4.78 is 11.0. The highest BCUT2D eigenvalue weighted by Crippen LogP contribution is 2.23. The van der Waals surface area contributed by atoms with Gasteiger partial charge in [0.05, 0.1) is 12.9 Å². The molecule has 1 aromatic heterocycles. The van der Waals surface area contributed by atoms with Crippen molar-refractivity contribution in [2.45, 2.75) is 13.0 Å². The van der Waals surface area contributed by atoms with Crippen LogP contribution in [0.5, 0.6) is 5.75 Å². The first-order chi connectivity index (χ1) is 12.3. The van der Waals surface area contributed by atoms with Gasteiger partial charge in [-0.3, -0.25) is 0 Å². The van der Waals surface area contributed by atoms with Crippen molar-refractivity contribution >= 4 is 23.0 Å². The summed E-state index contributed by atoms with van der Waals surface area (Å²) in [5.74, 6) is 1.65. The van der Waals surface area contributed by atoms with Gasteiger partial charge in [-0.2, -0.15) is 0 Å². The Bertz CT molecular complexity index is 786. The lowest BCUT2D eigenvalue weighted by Gasteiger charge is -2.19. The fourth-order valence-corrected chi connectivity index (χ4v) is 2.75. The highest BCUT2D eigenvalue weighted by atomic mass is 32.1. The van der Waals surface area contributed by atoms with Crippen molar-refractivity contribution in [2.24, 2.45) is 0 Å². The van der Waals surface area contributed by atoms with E-state index in [-0.39, 0.29) is 6.04 Å². The Hall–Kier alpha value is -2.79. The molecule has 2 aromatic carbocycles. The van der Waals surface area contributed by atoms with Crippen LogP contribution >= 0.6 is 12.2 Å². The SMILES string of the molecule is CCOc1ccc(NC(=S)N[C@@H](c2ccccc2)c2ccco2)cc1. The van der Waals surface area contributed by atoms with Gasteiger partial charge < -0.3 is 19.8 Å². The molecule has 3 rings (SSSR count). The van der Waals surface area contributed by atoms with Gasteiger partial charge in [-0.05, 0) is 61.1 Å². The monoisotopic (exact) mass is 352 g/mol. The van der Waals surface area contributed by atoms with Gasteiger partial charge in [0.2, 0.25) is 0 Å². The third-order valence-electron chi connectivity index (χ3n) is 3.66. The summed E-state index contributed by atoms with van der Waals surface area (Å²) in [5.41, 5.74) is 1.97. The lowest BCUT2D eigenvalue weighted by molar-refractivity contribution is 0.340. The van der Waals surface area contributed by atoms with Crippen molar-refractivity contribution in [1.29, 1.82) is 0 Å². The molecule has 0 fully saturated rings. The van der Waals surface area contributed by atoms with Crippen LogP contribution < -0.4 is 15.4 Å². The number of hydrogen-bond donors (Lipinski definition) is 2. The molecule has 0 radical (unpaired) electrons. The second-order valence-electron chi connectivity index (χ2n) is 5.41. The van der Waals surface area contributed by atoms with Crippen LogP contribution in [0.15, 0.2) is 77.4 Å². The molecule has 4 nitrogen and oxygen atoms in total. The van der Waals surface area contributed by atoms with Crippen molar-refractivity contribution in [3.8, 4) is 5.75 Å². The Labute approximate surface area is 152 Å². The number of nitrogens with one attached hydrogen (secondary N) is 2. The standard InChI is InChI=1S/C20H20N2O2S/c1-2-23-17-12-10-16(11-13-17)21-20(25)22-19(18-9-6-14-24-18)15-7-4-3-5-8-15/h3-14,19H,2H2,1H3,(H2,21,22,25)/t19-/m0/s1. The highest BCUT2D eigenvalue weighted by Gasteiger charge is 2.17. The molecule has 1 atom stereocenters. The number of ether oxygens (including phenoxy) is 1. The van der Waals surface area contributed by atoms with Gasteiger partial charge in [0.15, 0.2) is 5.11 Å². The molecule has 5 heteroatoms. The molecule has 0 unspecified atom stereocenters. The Morgan fingerprint density at radius 2 is 1.80 bits per heavy atom. The Kier molecular flexibility index (Phi) is 5.69. The van der Waals surface area contributed by atoms with E-state index in [1.54, 1.807) is 6.26 Å². The Balaban J connectivity index is 1.70. The normalized spacial score (nSPS) is 11.6. The van der Waals surface area contributed by atoms with Crippen LogP contribution in [0.2, 0.25) is 0 Å². The van der Waals surface area contributed by atoms with Gasteiger partial charge in [0.25, 0.3) is 0 Å². The predicted molar refractivity (Wildman–Crippen MR) is 104 cm³/mol. The zero-order valence-electron chi connectivity index (χ0n) is 13.9. The molecule has 1 heterocycles. The third kappa shape index (κ3) is 4.61. The number of furan rings is 1. The smallest absolute Gasteiger partial charge is 0.171 e. The minimum atomic E-state index is -0.154. The minimum absolute atomic E-state index is 0.154. The quantitative estimate of drug-likeness (QED) is 0.627. The van der Waals surface area contributed by atoms with Crippen LogP contribution in [0.3, 0.4) is 0 Å². The molecule has 0 bridgehead atoms. The molecule has 0 spiro atoms. The summed E-state index contributed by atoms with van der Waals surface area (Å²) in [6.45, 7) is 2.61. The molecule has 0 aliphatic heterocycles. The molecule has 0 aliphatic carbocycles. The van der Waals surface area contributed by atoms with E-state index in [9.17, 15) is 0 Å². The Morgan fingerprint density at radius 3 is 2.44 bits per heavy atom. The van der Waals surface area contributed by atoms with E-state index in [1.807, 2.05) is 73.7 Å². The molecule has 0 saturated carbocycles. The summed E-state index contributed by atoms with van der Waals surface area (Å²) in [5, 5.41) is 7.04. The van der Waals surface area contributed by atoms with Crippen LogP contribution in [0, 0.1) is 0 Å². The highest BCUT2D eigenvalue weighted by molar-refractivity contribution is 7.80. The first-order valence-electron chi connectivity index (χ1n) is 8.15. The molecule has 25 heavy (non-hydrogen) atoms. The van der Waals surface area contributed by atoms with E-state index < -0.39 is 0 Å². The summed E-state index contributed by atoms with van der Waals surface area (Å²) in [4.78, 5) is 0. The largest absolute Gasteiger partial charge is 0.494 e. The second kappa shape index (κ2) is 8.35. The summed E-state index contributed by atoms with van der Waals surface area (Å²) >= 11 is 5.48. The average molecular weight is 352 g/mol. The van der Waals surface area contributed by atoms with Crippen LogP contribution in [0.1, 0.15) is 24.3 Å². The number of thiocarbonyl (C=S) groups is 1. The van der Waals surface area contributed by atoms with E-state index in [2.05, 4.69) is 10.6 Å². The average Bonchev–Trinajstić information content (AvgIpc) is 3.17. The summed E-state index contributed by atoms with van der Waals surface area (Å²) in [7, 11) is 0. The van der Waals surface area contributed by atoms with Crippen LogP contribution in [0.4, 0.5) is 5.69 Å².